The normalized spacial score (nSPS) is 27.5. The number of halogens is 3. The zero-order valence-electron chi connectivity index (χ0n) is 14.0. The van der Waals surface area contributed by atoms with E-state index in [-0.39, 0.29) is 5.91 Å². The van der Waals surface area contributed by atoms with Gasteiger partial charge in [0.05, 0.1) is 22.8 Å². The minimum atomic E-state index is -4.46. The maximum atomic E-state index is 13.3. The molecule has 1 aromatic rings. The maximum Gasteiger partial charge on any atom is 0.416 e. The van der Waals surface area contributed by atoms with Crippen LogP contribution in [0.5, 0.6) is 0 Å². The molecule has 0 spiro atoms. The Bertz CT molecular complexity index is 871. The molecule has 3 heterocycles. The number of fused-ring (bicyclic) bond motifs is 1. The highest BCUT2D eigenvalue weighted by atomic mass is 19.4. The Hall–Kier alpha value is -2.64. The van der Waals surface area contributed by atoms with E-state index in [1.807, 2.05) is 6.92 Å². The lowest BCUT2D eigenvalue weighted by Gasteiger charge is -2.45. The Morgan fingerprint density at radius 1 is 1.35 bits per heavy atom. The van der Waals surface area contributed by atoms with Crippen LogP contribution in [0.15, 0.2) is 57.5 Å². The van der Waals surface area contributed by atoms with Crippen LogP contribution in [-0.4, -0.2) is 18.6 Å². The number of alkyl halides is 3. The highest BCUT2D eigenvalue weighted by Crippen LogP contribution is 2.50. The molecule has 136 valence electrons. The van der Waals surface area contributed by atoms with E-state index in [1.165, 1.54) is 6.07 Å². The number of nitrogens with zero attached hydrogens (tertiary/aromatic N) is 2. The van der Waals surface area contributed by atoms with Gasteiger partial charge in [-0.2, -0.15) is 23.4 Å². The quantitative estimate of drug-likeness (QED) is 0.847. The first-order chi connectivity index (χ1) is 12.4. The minimum Gasteiger partial charge on any atom is -0.362 e. The molecule has 8 heteroatoms. The summed E-state index contributed by atoms with van der Waals surface area (Å²) in [5, 5.41) is 14.2. The van der Waals surface area contributed by atoms with Gasteiger partial charge < -0.3 is 10.6 Å². The number of carbonyl (C=O) groups excluding carboxylic acids is 1. The lowest BCUT2D eigenvalue weighted by atomic mass is 9.63. The van der Waals surface area contributed by atoms with Gasteiger partial charge >= 0.3 is 6.18 Å². The van der Waals surface area contributed by atoms with Crippen LogP contribution in [0.3, 0.4) is 0 Å². The Balaban J connectivity index is 1.98. The summed E-state index contributed by atoms with van der Waals surface area (Å²) in [5.41, 5.74) is 0.625. The molecule has 0 aliphatic carbocycles. The molecule has 1 amide bonds. The number of hydrogen-bond donors (Lipinski definition) is 2. The molecule has 0 saturated heterocycles. The third-order valence-electron chi connectivity index (χ3n) is 5.31. The Morgan fingerprint density at radius 2 is 2.15 bits per heavy atom. The van der Waals surface area contributed by atoms with Crippen molar-refractivity contribution in [2.75, 3.05) is 6.54 Å². The highest BCUT2D eigenvalue weighted by molar-refractivity contribution is 5.99. The van der Waals surface area contributed by atoms with Gasteiger partial charge in [-0.05, 0) is 18.1 Å². The number of azo groups is 1. The van der Waals surface area contributed by atoms with Crippen LogP contribution in [0.25, 0.3) is 0 Å². The second kappa shape index (κ2) is 5.69. The summed E-state index contributed by atoms with van der Waals surface area (Å²) in [4.78, 5) is 12.7. The van der Waals surface area contributed by atoms with E-state index in [1.54, 1.807) is 12.3 Å². The molecule has 3 aliphatic rings. The number of nitrogens with one attached hydrogen (secondary N) is 2. The predicted octanol–water partition coefficient (Wildman–Crippen LogP) is 3.41. The summed E-state index contributed by atoms with van der Waals surface area (Å²) in [5.74, 6) is -0.260. The van der Waals surface area contributed by atoms with Gasteiger partial charge in [0.25, 0.3) is 0 Å². The topological polar surface area (TPSA) is 65.8 Å². The SMILES string of the molecule is CC[C@@]1(c2cccc(C(F)(F)F)c2)C2=CN=NC2NC2=C1C(=O)NCC2. The maximum absolute atomic E-state index is 13.3. The van der Waals surface area contributed by atoms with Crippen LogP contribution in [0.2, 0.25) is 0 Å². The molecule has 0 radical (unpaired) electrons. The van der Waals surface area contributed by atoms with E-state index in [9.17, 15) is 18.0 Å². The molecular formula is C18H17F3N4O. The number of benzene rings is 1. The standard InChI is InChI=1S/C18H17F3N4O/c1-2-17(10-4-3-5-11(8-10)18(19,20)21)12-9-23-25-15(12)24-13-6-7-22-16(26)14(13)17/h3-5,8-9,15,24H,2,6-7H2,1H3,(H,22,26)/t15?,17-/m1/s1. The molecule has 0 bridgehead atoms. The lowest BCUT2D eigenvalue weighted by Crippen LogP contribution is -2.53. The third-order valence-corrected chi connectivity index (χ3v) is 5.31. The van der Waals surface area contributed by atoms with Crippen LogP contribution >= 0.6 is 0 Å². The van der Waals surface area contributed by atoms with Crippen LogP contribution < -0.4 is 10.6 Å². The number of carbonyl (C=O) groups is 1. The van der Waals surface area contributed by atoms with Gasteiger partial charge in [-0.15, -0.1) is 0 Å². The molecule has 1 unspecified atom stereocenters. The van der Waals surface area contributed by atoms with Crippen molar-refractivity contribution in [1.29, 1.82) is 0 Å². The first-order valence-electron chi connectivity index (χ1n) is 8.44. The number of rotatable bonds is 2. The molecular weight excluding hydrogens is 345 g/mol. The van der Waals surface area contributed by atoms with Crippen LogP contribution in [0.4, 0.5) is 13.2 Å². The van der Waals surface area contributed by atoms with Gasteiger partial charge in [0.1, 0.15) is 0 Å². The number of amides is 1. The summed E-state index contributed by atoms with van der Waals surface area (Å²) in [7, 11) is 0. The van der Waals surface area contributed by atoms with Crippen molar-refractivity contribution in [2.45, 2.75) is 37.5 Å². The molecule has 3 aliphatic heterocycles. The highest BCUT2D eigenvalue weighted by Gasteiger charge is 2.51. The fourth-order valence-electron chi connectivity index (χ4n) is 4.16. The van der Waals surface area contributed by atoms with E-state index in [0.29, 0.717) is 36.1 Å². The van der Waals surface area contributed by atoms with Crippen LogP contribution in [-0.2, 0) is 16.4 Å². The fourth-order valence-corrected chi connectivity index (χ4v) is 4.16. The van der Waals surface area contributed by atoms with Crippen molar-refractivity contribution >= 4 is 5.91 Å². The first kappa shape index (κ1) is 16.8. The van der Waals surface area contributed by atoms with Gasteiger partial charge in [-0.25, -0.2) is 0 Å². The van der Waals surface area contributed by atoms with E-state index in [4.69, 9.17) is 0 Å². The van der Waals surface area contributed by atoms with Gasteiger partial charge in [0, 0.05) is 24.2 Å². The minimum absolute atomic E-state index is 0.260. The Labute approximate surface area is 148 Å². The summed E-state index contributed by atoms with van der Waals surface area (Å²) in [6, 6.07) is 5.21. The smallest absolute Gasteiger partial charge is 0.362 e. The summed E-state index contributed by atoms with van der Waals surface area (Å²) in [6.45, 7) is 2.35. The van der Waals surface area contributed by atoms with Gasteiger partial charge in [-0.1, -0.05) is 25.1 Å². The van der Waals surface area contributed by atoms with Gasteiger partial charge in [0.2, 0.25) is 5.91 Å². The second-order valence-electron chi connectivity index (χ2n) is 6.56. The molecule has 0 fully saturated rings. The van der Waals surface area contributed by atoms with Crippen molar-refractivity contribution < 1.29 is 18.0 Å². The van der Waals surface area contributed by atoms with E-state index < -0.39 is 23.3 Å². The Morgan fingerprint density at radius 3 is 2.88 bits per heavy atom. The van der Waals surface area contributed by atoms with Crippen molar-refractivity contribution in [2.24, 2.45) is 10.2 Å². The largest absolute Gasteiger partial charge is 0.416 e. The predicted molar refractivity (Wildman–Crippen MR) is 87.9 cm³/mol. The molecule has 26 heavy (non-hydrogen) atoms. The molecule has 0 saturated carbocycles. The average Bonchev–Trinajstić information content (AvgIpc) is 3.08. The third kappa shape index (κ3) is 2.28. The molecule has 4 rings (SSSR count). The first-order valence-corrected chi connectivity index (χ1v) is 8.44. The average molecular weight is 362 g/mol. The molecule has 2 atom stereocenters. The van der Waals surface area contributed by atoms with E-state index in [2.05, 4.69) is 20.9 Å². The van der Waals surface area contributed by atoms with E-state index >= 15 is 0 Å². The molecule has 0 aromatic heterocycles. The van der Waals surface area contributed by atoms with Crippen molar-refractivity contribution in [3.63, 3.8) is 0 Å². The van der Waals surface area contributed by atoms with Crippen LogP contribution in [0, 0.1) is 0 Å². The van der Waals surface area contributed by atoms with Crippen molar-refractivity contribution in [3.8, 4) is 0 Å². The molecule has 1 aromatic carbocycles. The zero-order valence-corrected chi connectivity index (χ0v) is 14.0. The lowest BCUT2D eigenvalue weighted by molar-refractivity contribution is -0.137. The molecule has 2 N–H and O–H groups in total. The second-order valence-corrected chi connectivity index (χ2v) is 6.56. The van der Waals surface area contributed by atoms with Crippen molar-refractivity contribution in [3.05, 3.63) is 58.4 Å². The fraction of sp³-hybridized carbons (Fsp3) is 0.389. The van der Waals surface area contributed by atoms with E-state index in [0.717, 1.165) is 17.8 Å². The number of hydrogen-bond acceptors (Lipinski definition) is 4. The van der Waals surface area contributed by atoms with Gasteiger partial charge in [0.15, 0.2) is 6.17 Å². The summed E-state index contributed by atoms with van der Waals surface area (Å²) >= 11 is 0. The van der Waals surface area contributed by atoms with Crippen molar-refractivity contribution in [1.82, 2.24) is 10.6 Å². The summed E-state index contributed by atoms with van der Waals surface area (Å²) in [6.07, 6.45) is -2.33. The summed E-state index contributed by atoms with van der Waals surface area (Å²) < 4.78 is 39.9. The monoisotopic (exact) mass is 362 g/mol. The van der Waals surface area contributed by atoms with Gasteiger partial charge in [-0.3, -0.25) is 4.79 Å². The van der Waals surface area contributed by atoms with Crippen LogP contribution in [0.1, 0.15) is 30.9 Å². The molecule has 5 nitrogen and oxygen atoms in total. The Kier molecular flexibility index (Phi) is 3.68. The zero-order chi connectivity index (χ0) is 18.5.